The first-order valence-electron chi connectivity index (χ1n) is 8.74. The molecule has 0 saturated heterocycles. The van der Waals surface area contributed by atoms with E-state index >= 15 is 0 Å². The van der Waals surface area contributed by atoms with Crippen LogP contribution in [0, 0.1) is 0 Å². The van der Waals surface area contributed by atoms with Crippen molar-refractivity contribution in [2.24, 2.45) is 0 Å². The molecule has 0 spiro atoms. The Morgan fingerprint density at radius 1 is 1.00 bits per heavy atom. The monoisotopic (exact) mass is 346 g/mol. The van der Waals surface area contributed by atoms with Gasteiger partial charge in [0.25, 0.3) is 0 Å². The van der Waals surface area contributed by atoms with Crippen molar-refractivity contribution in [2.45, 2.75) is 59.3 Å². The third-order valence-electron chi connectivity index (χ3n) is 4.28. The lowest BCUT2D eigenvalue weighted by Crippen LogP contribution is -2.17. The number of methoxy groups -OCH3 is 2. The second-order valence-electron chi connectivity index (χ2n) is 6.59. The molecule has 1 aliphatic rings. The van der Waals surface area contributed by atoms with Gasteiger partial charge in [-0.2, -0.15) is 0 Å². The molecule has 0 heterocycles. The van der Waals surface area contributed by atoms with E-state index in [0.29, 0.717) is 24.0 Å². The van der Waals surface area contributed by atoms with Crippen LogP contribution < -0.4 is 0 Å². The Kier molecular flexibility index (Phi) is 8.96. The van der Waals surface area contributed by atoms with Crippen molar-refractivity contribution in [1.82, 2.24) is 0 Å². The molecule has 0 bridgehead atoms. The average Bonchev–Trinajstić information content (AvgIpc) is 2.59. The molecule has 1 aliphatic carbocycles. The van der Waals surface area contributed by atoms with E-state index in [1.165, 1.54) is 30.9 Å². The van der Waals surface area contributed by atoms with Crippen LogP contribution in [0.25, 0.3) is 0 Å². The van der Waals surface area contributed by atoms with Crippen LogP contribution in [0.5, 0.6) is 0 Å². The topological polar surface area (TPSA) is 52.6 Å². The Bertz CT molecular complexity index is 614. The molecular weight excluding hydrogens is 316 g/mol. The van der Waals surface area contributed by atoms with Crippen LogP contribution in [0.2, 0.25) is 0 Å². The molecule has 0 aromatic carbocycles. The summed E-state index contributed by atoms with van der Waals surface area (Å²) < 4.78 is 9.59. The molecule has 0 unspecified atom stereocenters. The predicted octanol–water partition coefficient (Wildman–Crippen LogP) is 4.82. The van der Waals surface area contributed by atoms with Gasteiger partial charge < -0.3 is 9.47 Å². The summed E-state index contributed by atoms with van der Waals surface area (Å²) in [4.78, 5) is 23.8. The number of esters is 2. The van der Waals surface area contributed by atoms with Gasteiger partial charge in [-0.3, -0.25) is 0 Å². The Morgan fingerprint density at radius 2 is 1.64 bits per heavy atom. The van der Waals surface area contributed by atoms with E-state index in [4.69, 9.17) is 9.47 Å². The van der Waals surface area contributed by atoms with Crippen LogP contribution in [-0.4, -0.2) is 26.2 Å². The number of hydrogen-bond acceptors (Lipinski definition) is 4. The summed E-state index contributed by atoms with van der Waals surface area (Å²) in [6.45, 7) is 6.39. The summed E-state index contributed by atoms with van der Waals surface area (Å²) in [5.41, 5.74) is 4.74. The minimum Gasteiger partial charge on any atom is -0.466 e. The second kappa shape index (κ2) is 10.7. The van der Waals surface area contributed by atoms with Crippen LogP contribution in [0.15, 0.2) is 46.1 Å². The molecule has 4 heteroatoms. The van der Waals surface area contributed by atoms with Gasteiger partial charge in [-0.05, 0) is 52.9 Å². The number of ether oxygens (including phenoxy) is 2. The van der Waals surface area contributed by atoms with E-state index in [0.717, 1.165) is 25.7 Å². The van der Waals surface area contributed by atoms with Gasteiger partial charge >= 0.3 is 11.9 Å². The van der Waals surface area contributed by atoms with E-state index in [1.54, 1.807) is 0 Å². The normalized spacial score (nSPS) is 14.8. The van der Waals surface area contributed by atoms with Crippen molar-refractivity contribution in [2.75, 3.05) is 14.2 Å². The molecule has 0 fully saturated rings. The van der Waals surface area contributed by atoms with E-state index < -0.39 is 11.9 Å². The standard InChI is InChI=1S/C21H30O4/c1-15(2)8-6-9-16(3)10-7-11-17-12-13-18(20(22)24-4)19(14-17)21(23)25-5/h8,10,12H,6-7,9,11,13-14H2,1-5H3. The smallest absolute Gasteiger partial charge is 0.334 e. The first kappa shape index (κ1) is 20.9. The van der Waals surface area contributed by atoms with Gasteiger partial charge in [-0.25, -0.2) is 9.59 Å². The minimum absolute atomic E-state index is 0.409. The Morgan fingerprint density at radius 3 is 2.24 bits per heavy atom. The first-order valence-corrected chi connectivity index (χ1v) is 8.74. The zero-order chi connectivity index (χ0) is 18.8. The van der Waals surface area contributed by atoms with Gasteiger partial charge in [-0.1, -0.05) is 34.9 Å². The SMILES string of the molecule is COC(=O)C1=C(C(=O)OC)CC(CCC=C(C)CCC=C(C)C)=CC1. The minimum atomic E-state index is -0.453. The third-order valence-corrected chi connectivity index (χ3v) is 4.28. The lowest BCUT2D eigenvalue weighted by Gasteiger charge is -2.18. The highest BCUT2D eigenvalue weighted by Crippen LogP contribution is 2.29. The molecule has 0 radical (unpaired) electrons. The Hall–Kier alpha value is -2.10. The zero-order valence-electron chi connectivity index (χ0n) is 16.1. The molecule has 1 rings (SSSR count). The Labute approximate surface area is 151 Å². The van der Waals surface area contributed by atoms with Crippen LogP contribution in [0.1, 0.15) is 59.3 Å². The predicted molar refractivity (Wildman–Crippen MR) is 100 cm³/mol. The number of rotatable bonds is 8. The van der Waals surface area contributed by atoms with Gasteiger partial charge in [0.05, 0.1) is 25.4 Å². The maximum Gasteiger partial charge on any atom is 0.334 e. The van der Waals surface area contributed by atoms with Crippen molar-refractivity contribution in [1.29, 1.82) is 0 Å². The highest BCUT2D eigenvalue weighted by Gasteiger charge is 2.25. The van der Waals surface area contributed by atoms with Gasteiger partial charge in [0.15, 0.2) is 0 Å². The van der Waals surface area contributed by atoms with Crippen molar-refractivity contribution in [3.63, 3.8) is 0 Å². The molecule has 4 nitrogen and oxygen atoms in total. The molecule has 0 N–H and O–H groups in total. The Balaban J connectivity index is 2.62. The van der Waals surface area contributed by atoms with Crippen LogP contribution in [0.4, 0.5) is 0 Å². The van der Waals surface area contributed by atoms with Gasteiger partial charge in [-0.15, -0.1) is 0 Å². The molecule has 0 aliphatic heterocycles. The molecule has 25 heavy (non-hydrogen) atoms. The number of hydrogen-bond donors (Lipinski definition) is 0. The van der Waals surface area contributed by atoms with E-state index in [-0.39, 0.29) is 0 Å². The van der Waals surface area contributed by atoms with Crippen LogP contribution >= 0.6 is 0 Å². The largest absolute Gasteiger partial charge is 0.466 e. The van der Waals surface area contributed by atoms with E-state index in [2.05, 4.69) is 32.9 Å². The van der Waals surface area contributed by atoms with Crippen molar-refractivity contribution in [3.05, 3.63) is 46.1 Å². The zero-order valence-corrected chi connectivity index (χ0v) is 16.1. The molecule has 0 amide bonds. The number of carbonyl (C=O) groups excluding carboxylic acids is 2. The fraction of sp³-hybridized carbons (Fsp3) is 0.524. The quantitative estimate of drug-likeness (QED) is 0.467. The van der Waals surface area contributed by atoms with E-state index in [9.17, 15) is 9.59 Å². The van der Waals surface area contributed by atoms with Crippen LogP contribution in [-0.2, 0) is 19.1 Å². The van der Waals surface area contributed by atoms with Crippen molar-refractivity contribution in [3.8, 4) is 0 Å². The van der Waals surface area contributed by atoms with Gasteiger partial charge in [0, 0.05) is 6.42 Å². The van der Waals surface area contributed by atoms with Crippen molar-refractivity contribution < 1.29 is 19.1 Å². The summed E-state index contributed by atoms with van der Waals surface area (Å²) in [6.07, 6.45) is 11.4. The number of allylic oxidation sites excluding steroid dienone is 6. The third kappa shape index (κ3) is 7.12. The van der Waals surface area contributed by atoms with Crippen molar-refractivity contribution >= 4 is 11.9 Å². The fourth-order valence-electron chi connectivity index (χ4n) is 2.81. The number of carbonyl (C=O) groups is 2. The molecule has 0 aromatic rings. The second-order valence-corrected chi connectivity index (χ2v) is 6.59. The highest BCUT2D eigenvalue weighted by atomic mass is 16.5. The molecule has 0 atom stereocenters. The van der Waals surface area contributed by atoms with Crippen LogP contribution in [0.3, 0.4) is 0 Å². The summed E-state index contributed by atoms with van der Waals surface area (Å²) >= 11 is 0. The van der Waals surface area contributed by atoms with E-state index in [1.807, 2.05) is 6.08 Å². The molecule has 0 saturated carbocycles. The van der Waals surface area contributed by atoms with Gasteiger partial charge in [0.2, 0.25) is 0 Å². The lowest BCUT2D eigenvalue weighted by molar-refractivity contribution is -0.139. The maximum absolute atomic E-state index is 12.0. The maximum atomic E-state index is 12.0. The fourth-order valence-corrected chi connectivity index (χ4v) is 2.81. The average molecular weight is 346 g/mol. The summed E-state index contributed by atoms with van der Waals surface area (Å²) in [5, 5.41) is 0. The lowest BCUT2D eigenvalue weighted by atomic mass is 9.89. The molecule has 0 aromatic heterocycles. The molecule has 138 valence electrons. The summed E-state index contributed by atoms with van der Waals surface area (Å²) in [7, 11) is 2.66. The summed E-state index contributed by atoms with van der Waals surface area (Å²) in [6, 6.07) is 0. The first-order chi connectivity index (χ1) is 11.9. The molecular formula is C21H30O4. The summed E-state index contributed by atoms with van der Waals surface area (Å²) in [5.74, 6) is -0.898. The highest BCUT2D eigenvalue weighted by molar-refractivity contribution is 6.01. The van der Waals surface area contributed by atoms with Gasteiger partial charge in [0.1, 0.15) is 0 Å².